The molecule has 0 saturated carbocycles. The van der Waals surface area contributed by atoms with E-state index < -0.39 is 22.0 Å². The van der Waals surface area contributed by atoms with Crippen molar-refractivity contribution < 1.29 is 22.7 Å². The fourth-order valence-electron chi connectivity index (χ4n) is 3.12. The normalized spacial score (nSPS) is 15.7. The third-order valence-electron chi connectivity index (χ3n) is 4.67. The number of carbonyl (C=O) groups excluding carboxylic acids is 1. The zero-order valence-electron chi connectivity index (χ0n) is 17.0. The van der Waals surface area contributed by atoms with Gasteiger partial charge in [-0.3, -0.25) is 14.4 Å². The number of sulfonamides is 1. The maximum atomic E-state index is 12.8. The van der Waals surface area contributed by atoms with Crippen LogP contribution in [0.25, 0.3) is 10.6 Å². The van der Waals surface area contributed by atoms with Gasteiger partial charge in [-0.1, -0.05) is 17.4 Å². The van der Waals surface area contributed by atoms with Crippen LogP contribution in [0, 0.1) is 6.92 Å². The standard InChI is InChI=1S/C20H20N4O5S2/c1-12-4-9-16-15(10-12)24(31(3,26)27)11-17(29-16)18(25)21-20-23-22-19(30-20)13-5-7-14(28-2)8-6-13/h4-10,17H,11H2,1-3H3,(H,21,23,25)/t17-/m1/s1. The van der Waals surface area contributed by atoms with Gasteiger partial charge in [0.05, 0.1) is 25.6 Å². The summed E-state index contributed by atoms with van der Waals surface area (Å²) in [6.45, 7) is 1.72. The van der Waals surface area contributed by atoms with Gasteiger partial charge in [-0.2, -0.15) is 0 Å². The second kappa shape index (κ2) is 8.16. The van der Waals surface area contributed by atoms with Crippen molar-refractivity contribution in [3.63, 3.8) is 0 Å². The highest BCUT2D eigenvalue weighted by molar-refractivity contribution is 7.92. The van der Waals surface area contributed by atoms with Crippen LogP contribution in [0.5, 0.6) is 11.5 Å². The van der Waals surface area contributed by atoms with E-state index in [-0.39, 0.29) is 6.54 Å². The summed E-state index contributed by atoms with van der Waals surface area (Å²) in [5.74, 6) is 0.554. The Bertz CT molecular complexity index is 1220. The third-order valence-corrected chi connectivity index (χ3v) is 6.70. The van der Waals surface area contributed by atoms with Gasteiger partial charge in [0.25, 0.3) is 5.91 Å². The average molecular weight is 461 g/mol. The van der Waals surface area contributed by atoms with Gasteiger partial charge in [0, 0.05) is 5.56 Å². The van der Waals surface area contributed by atoms with E-state index in [2.05, 4.69) is 15.5 Å². The molecule has 3 aromatic rings. The summed E-state index contributed by atoms with van der Waals surface area (Å²) in [4.78, 5) is 12.8. The summed E-state index contributed by atoms with van der Waals surface area (Å²) >= 11 is 1.20. The molecule has 0 fully saturated rings. The number of aryl methyl sites for hydroxylation is 1. The van der Waals surface area contributed by atoms with Crippen molar-refractivity contribution in [1.29, 1.82) is 0 Å². The number of rotatable bonds is 5. The molecule has 0 bridgehead atoms. The molecule has 2 aromatic carbocycles. The highest BCUT2D eigenvalue weighted by Gasteiger charge is 2.35. The topological polar surface area (TPSA) is 111 Å². The summed E-state index contributed by atoms with van der Waals surface area (Å²) in [7, 11) is -2.01. The summed E-state index contributed by atoms with van der Waals surface area (Å²) in [6, 6.07) is 12.5. The van der Waals surface area contributed by atoms with Gasteiger partial charge < -0.3 is 9.47 Å². The molecule has 31 heavy (non-hydrogen) atoms. The Morgan fingerprint density at radius 3 is 2.65 bits per heavy atom. The Balaban J connectivity index is 1.52. The lowest BCUT2D eigenvalue weighted by Gasteiger charge is -2.34. The molecule has 1 atom stereocenters. The van der Waals surface area contributed by atoms with E-state index in [0.717, 1.165) is 23.1 Å². The predicted molar refractivity (Wildman–Crippen MR) is 118 cm³/mol. The zero-order chi connectivity index (χ0) is 22.2. The van der Waals surface area contributed by atoms with Crippen LogP contribution in [-0.4, -0.2) is 50.5 Å². The van der Waals surface area contributed by atoms with E-state index in [1.54, 1.807) is 25.3 Å². The van der Waals surface area contributed by atoms with Crippen LogP contribution in [0.15, 0.2) is 42.5 Å². The molecule has 1 aromatic heterocycles. The minimum absolute atomic E-state index is 0.134. The lowest BCUT2D eigenvalue weighted by atomic mass is 10.1. The highest BCUT2D eigenvalue weighted by atomic mass is 32.2. The number of carbonyl (C=O) groups is 1. The van der Waals surface area contributed by atoms with Crippen molar-refractivity contribution in [2.75, 3.05) is 29.5 Å². The van der Waals surface area contributed by atoms with Crippen LogP contribution in [0.1, 0.15) is 5.56 Å². The fourth-order valence-corrected chi connectivity index (χ4v) is 4.78. The molecule has 11 heteroatoms. The smallest absolute Gasteiger partial charge is 0.269 e. The number of hydrogen-bond acceptors (Lipinski definition) is 8. The first-order valence-electron chi connectivity index (χ1n) is 9.28. The molecule has 2 heterocycles. The molecule has 1 aliphatic heterocycles. The molecule has 0 radical (unpaired) electrons. The molecule has 0 unspecified atom stereocenters. The predicted octanol–water partition coefficient (Wildman–Crippen LogP) is 2.69. The summed E-state index contributed by atoms with van der Waals surface area (Å²) in [6.07, 6.45) is 0.0731. The number of hydrogen-bond donors (Lipinski definition) is 1. The lowest BCUT2D eigenvalue weighted by molar-refractivity contribution is -0.122. The quantitative estimate of drug-likeness (QED) is 0.623. The minimum atomic E-state index is -3.60. The van der Waals surface area contributed by atoms with E-state index in [1.165, 1.54) is 15.6 Å². The van der Waals surface area contributed by atoms with Gasteiger partial charge in [0.15, 0.2) is 6.10 Å². The number of anilines is 2. The number of fused-ring (bicyclic) bond motifs is 1. The number of aromatic nitrogens is 2. The summed E-state index contributed by atoms with van der Waals surface area (Å²) in [5, 5.41) is 11.7. The fraction of sp³-hybridized carbons (Fsp3) is 0.250. The van der Waals surface area contributed by atoms with Crippen molar-refractivity contribution in [1.82, 2.24) is 10.2 Å². The lowest BCUT2D eigenvalue weighted by Crippen LogP contribution is -2.48. The number of nitrogens with one attached hydrogen (secondary N) is 1. The van der Waals surface area contributed by atoms with Crippen LogP contribution in [0.3, 0.4) is 0 Å². The third kappa shape index (κ3) is 4.47. The van der Waals surface area contributed by atoms with Crippen LogP contribution in [0.4, 0.5) is 10.8 Å². The van der Waals surface area contributed by atoms with Crippen molar-refractivity contribution in [3.8, 4) is 22.1 Å². The Kier molecular flexibility index (Phi) is 5.54. The molecule has 1 aliphatic rings. The molecule has 1 amide bonds. The number of amides is 1. The van der Waals surface area contributed by atoms with E-state index in [9.17, 15) is 13.2 Å². The highest BCUT2D eigenvalue weighted by Crippen LogP contribution is 2.36. The second-order valence-electron chi connectivity index (χ2n) is 7.00. The van der Waals surface area contributed by atoms with Crippen molar-refractivity contribution in [2.45, 2.75) is 13.0 Å². The van der Waals surface area contributed by atoms with Gasteiger partial charge in [0.1, 0.15) is 16.5 Å². The first-order chi connectivity index (χ1) is 14.7. The molecule has 162 valence electrons. The van der Waals surface area contributed by atoms with Gasteiger partial charge in [-0.15, -0.1) is 10.2 Å². The van der Waals surface area contributed by atoms with Crippen LogP contribution in [-0.2, 0) is 14.8 Å². The maximum Gasteiger partial charge on any atom is 0.269 e. The van der Waals surface area contributed by atoms with E-state index in [1.807, 2.05) is 31.2 Å². The Morgan fingerprint density at radius 2 is 1.97 bits per heavy atom. The second-order valence-corrected chi connectivity index (χ2v) is 9.89. The number of nitrogens with zero attached hydrogens (tertiary/aromatic N) is 3. The molecule has 0 spiro atoms. The Labute approximate surface area is 183 Å². The van der Waals surface area contributed by atoms with Gasteiger partial charge in [0.2, 0.25) is 15.2 Å². The monoisotopic (exact) mass is 460 g/mol. The molecule has 0 saturated heterocycles. The van der Waals surface area contributed by atoms with E-state index in [0.29, 0.717) is 21.6 Å². The molecule has 4 rings (SSSR count). The van der Waals surface area contributed by atoms with Gasteiger partial charge >= 0.3 is 0 Å². The molecule has 9 nitrogen and oxygen atoms in total. The van der Waals surface area contributed by atoms with Crippen LogP contribution < -0.4 is 19.1 Å². The Hall–Kier alpha value is -3.18. The first-order valence-corrected chi connectivity index (χ1v) is 11.9. The maximum absolute atomic E-state index is 12.8. The van der Waals surface area contributed by atoms with E-state index >= 15 is 0 Å². The molecule has 1 N–H and O–H groups in total. The average Bonchev–Trinajstić information content (AvgIpc) is 3.20. The van der Waals surface area contributed by atoms with E-state index in [4.69, 9.17) is 9.47 Å². The molecular formula is C20H20N4O5S2. The number of ether oxygens (including phenoxy) is 2. The van der Waals surface area contributed by atoms with Crippen molar-refractivity contribution in [3.05, 3.63) is 48.0 Å². The largest absolute Gasteiger partial charge is 0.497 e. The SMILES string of the molecule is COc1ccc(-c2nnc(NC(=O)[C@H]3CN(S(C)(=O)=O)c4cc(C)ccc4O3)s2)cc1. The summed E-state index contributed by atoms with van der Waals surface area (Å²) < 4.78 is 36.7. The first kappa shape index (κ1) is 21.1. The number of methoxy groups -OCH3 is 1. The molecule has 0 aliphatic carbocycles. The summed E-state index contributed by atoms with van der Waals surface area (Å²) in [5.41, 5.74) is 2.14. The van der Waals surface area contributed by atoms with Crippen molar-refractivity contribution in [2.24, 2.45) is 0 Å². The van der Waals surface area contributed by atoms with Crippen LogP contribution in [0.2, 0.25) is 0 Å². The van der Waals surface area contributed by atoms with Gasteiger partial charge in [-0.05, 0) is 48.9 Å². The molecular weight excluding hydrogens is 440 g/mol. The van der Waals surface area contributed by atoms with Gasteiger partial charge in [-0.25, -0.2) is 8.42 Å². The zero-order valence-corrected chi connectivity index (χ0v) is 18.7. The van der Waals surface area contributed by atoms with Crippen LogP contribution >= 0.6 is 11.3 Å². The Morgan fingerprint density at radius 1 is 1.23 bits per heavy atom. The number of benzene rings is 2. The minimum Gasteiger partial charge on any atom is -0.497 e. The van der Waals surface area contributed by atoms with Crippen molar-refractivity contribution >= 4 is 38.1 Å².